The van der Waals surface area contributed by atoms with Gasteiger partial charge in [-0.25, -0.2) is 0 Å². The summed E-state index contributed by atoms with van der Waals surface area (Å²) in [5.74, 6) is -0.167. The largest absolute Gasteiger partial charge is 0.463 e. The van der Waals surface area contributed by atoms with Gasteiger partial charge >= 0.3 is 5.97 Å². The molecule has 0 unspecified atom stereocenters. The van der Waals surface area contributed by atoms with Crippen LogP contribution in [0, 0.1) is 0 Å². The Balaban J connectivity index is 2.00. The topological polar surface area (TPSA) is 38.7 Å². The summed E-state index contributed by atoms with van der Waals surface area (Å²) in [5.41, 5.74) is 3.02. The highest BCUT2D eigenvalue weighted by atomic mass is 16.5. The predicted molar refractivity (Wildman–Crippen MR) is 77.9 cm³/mol. The van der Waals surface area contributed by atoms with Gasteiger partial charge in [0.1, 0.15) is 6.61 Å². The molecule has 1 aliphatic heterocycles. The van der Waals surface area contributed by atoms with Gasteiger partial charge in [0, 0.05) is 11.1 Å². The van der Waals surface area contributed by atoms with Crippen molar-refractivity contribution >= 4 is 11.7 Å². The molecule has 1 atom stereocenters. The molecular formula is C17H15NO2. The first-order valence-electron chi connectivity index (χ1n) is 6.67. The zero-order valence-corrected chi connectivity index (χ0v) is 11.0. The van der Waals surface area contributed by atoms with Crippen molar-refractivity contribution in [1.82, 2.24) is 0 Å². The second-order valence-corrected chi connectivity index (χ2v) is 4.75. The molecule has 1 heterocycles. The van der Waals surface area contributed by atoms with Crippen LogP contribution in [0.1, 0.15) is 17.5 Å². The number of cyclic esters (lactones) is 1. The van der Waals surface area contributed by atoms with Gasteiger partial charge in [-0.2, -0.15) is 0 Å². The van der Waals surface area contributed by atoms with E-state index in [1.807, 2.05) is 60.7 Å². The summed E-state index contributed by atoms with van der Waals surface area (Å²) in [6.45, 7) is 0.377. The molecule has 2 aromatic carbocycles. The van der Waals surface area contributed by atoms with Crippen molar-refractivity contribution in [1.29, 1.82) is 0 Å². The van der Waals surface area contributed by atoms with Crippen LogP contribution in [-0.4, -0.2) is 24.3 Å². The number of nitrogens with zero attached hydrogens (tertiary/aromatic N) is 1. The summed E-state index contributed by atoms with van der Waals surface area (Å²) >= 11 is 0. The normalized spacial score (nSPS) is 17.6. The summed E-state index contributed by atoms with van der Waals surface area (Å²) in [4.78, 5) is 16.0. The average molecular weight is 265 g/mol. The lowest BCUT2D eigenvalue weighted by atomic mass is 10.0. The molecule has 100 valence electrons. The maximum Gasteiger partial charge on any atom is 0.308 e. The molecule has 0 bridgehead atoms. The van der Waals surface area contributed by atoms with Crippen molar-refractivity contribution in [2.75, 3.05) is 6.61 Å². The van der Waals surface area contributed by atoms with E-state index in [1.165, 1.54) is 0 Å². The first kappa shape index (κ1) is 12.6. The second-order valence-electron chi connectivity index (χ2n) is 4.75. The minimum atomic E-state index is -0.167. The van der Waals surface area contributed by atoms with E-state index in [4.69, 9.17) is 9.73 Å². The van der Waals surface area contributed by atoms with Crippen LogP contribution in [0.4, 0.5) is 0 Å². The molecule has 0 aliphatic carbocycles. The van der Waals surface area contributed by atoms with Gasteiger partial charge in [0.15, 0.2) is 0 Å². The Hall–Kier alpha value is -2.42. The second kappa shape index (κ2) is 5.70. The van der Waals surface area contributed by atoms with Crippen LogP contribution < -0.4 is 0 Å². The fraction of sp³-hybridized carbons (Fsp3) is 0.176. The zero-order valence-electron chi connectivity index (χ0n) is 11.0. The SMILES string of the molecule is O=C1C[C@@H](N=C(c2ccccc2)c2ccccc2)CO1. The highest BCUT2D eigenvalue weighted by Crippen LogP contribution is 2.16. The molecule has 0 aromatic heterocycles. The van der Waals surface area contributed by atoms with Crippen LogP contribution in [0.2, 0.25) is 0 Å². The molecule has 0 saturated carbocycles. The van der Waals surface area contributed by atoms with Crippen molar-refractivity contribution < 1.29 is 9.53 Å². The standard InChI is InChI=1S/C17H15NO2/c19-16-11-15(12-20-16)18-17(13-7-3-1-4-8-13)14-9-5-2-6-10-14/h1-10,15H,11-12H2/t15-/m1/s1. The lowest BCUT2D eigenvalue weighted by Gasteiger charge is -2.09. The number of carbonyl (C=O) groups is 1. The van der Waals surface area contributed by atoms with Crippen molar-refractivity contribution in [3.05, 3.63) is 71.8 Å². The Morgan fingerprint density at radius 1 is 0.950 bits per heavy atom. The molecule has 0 radical (unpaired) electrons. The molecule has 1 saturated heterocycles. The molecule has 1 aliphatic rings. The number of hydrogen-bond acceptors (Lipinski definition) is 3. The predicted octanol–water partition coefficient (Wildman–Crippen LogP) is 2.84. The van der Waals surface area contributed by atoms with E-state index in [9.17, 15) is 4.79 Å². The lowest BCUT2D eigenvalue weighted by molar-refractivity contribution is -0.137. The summed E-state index contributed by atoms with van der Waals surface area (Å²) in [7, 11) is 0. The van der Waals surface area contributed by atoms with Crippen molar-refractivity contribution in [3.63, 3.8) is 0 Å². The van der Waals surface area contributed by atoms with Gasteiger partial charge in [-0.1, -0.05) is 60.7 Å². The highest BCUT2D eigenvalue weighted by Gasteiger charge is 2.24. The smallest absolute Gasteiger partial charge is 0.308 e. The molecule has 3 heteroatoms. The maximum absolute atomic E-state index is 11.2. The van der Waals surface area contributed by atoms with E-state index in [-0.39, 0.29) is 12.0 Å². The van der Waals surface area contributed by atoms with E-state index in [0.717, 1.165) is 16.8 Å². The van der Waals surface area contributed by atoms with Crippen LogP contribution in [0.25, 0.3) is 0 Å². The van der Waals surface area contributed by atoms with Crippen LogP contribution >= 0.6 is 0 Å². The van der Waals surface area contributed by atoms with Gasteiger partial charge in [0.2, 0.25) is 0 Å². The van der Waals surface area contributed by atoms with Crippen molar-refractivity contribution in [2.24, 2.45) is 4.99 Å². The van der Waals surface area contributed by atoms with Gasteiger partial charge in [-0.3, -0.25) is 9.79 Å². The van der Waals surface area contributed by atoms with Crippen LogP contribution in [0.15, 0.2) is 65.7 Å². The molecule has 3 nitrogen and oxygen atoms in total. The van der Waals surface area contributed by atoms with Crippen LogP contribution in [0.3, 0.4) is 0 Å². The quantitative estimate of drug-likeness (QED) is 0.632. The summed E-state index contributed by atoms with van der Waals surface area (Å²) in [6.07, 6.45) is 0.364. The van der Waals surface area contributed by atoms with Gasteiger partial charge in [-0.15, -0.1) is 0 Å². The number of carbonyl (C=O) groups excluding carboxylic acids is 1. The van der Waals surface area contributed by atoms with Gasteiger partial charge in [0.05, 0.1) is 18.2 Å². The number of ether oxygens (including phenoxy) is 1. The first-order valence-corrected chi connectivity index (χ1v) is 6.67. The van der Waals surface area contributed by atoms with E-state index in [0.29, 0.717) is 13.0 Å². The van der Waals surface area contributed by atoms with Gasteiger partial charge in [-0.05, 0) is 0 Å². The minimum Gasteiger partial charge on any atom is -0.463 e. The van der Waals surface area contributed by atoms with Crippen molar-refractivity contribution in [2.45, 2.75) is 12.5 Å². The zero-order chi connectivity index (χ0) is 13.8. The van der Waals surface area contributed by atoms with Gasteiger partial charge in [0.25, 0.3) is 0 Å². The minimum absolute atomic E-state index is 0.0853. The molecule has 3 rings (SSSR count). The van der Waals surface area contributed by atoms with E-state index in [1.54, 1.807) is 0 Å². The number of hydrogen-bond donors (Lipinski definition) is 0. The third-order valence-electron chi connectivity index (χ3n) is 3.25. The Morgan fingerprint density at radius 2 is 1.50 bits per heavy atom. The molecular weight excluding hydrogens is 250 g/mol. The highest BCUT2D eigenvalue weighted by molar-refractivity contribution is 6.13. The average Bonchev–Trinajstić information content (AvgIpc) is 2.92. The first-order chi connectivity index (χ1) is 9.83. The van der Waals surface area contributed by atoms with Crippen molar-refractivity contribution in [3.8, 4) is 0 Å². The van der Waals surface area contributed by atoms with Gasteiger partial charge < -0.3 is 4.74 Å². The lowest BCUT2D eigenvalue weighted by Crippen LogP contribution is -2.11. The summed E-state index contributed by atoms with van der Waals surface area (Å²) in [6, 6.07) is 20.0. The fourth-order valence-electron chi connectivity index (χ4n) is 2.27. The third-order valence-corrected chi connectivity index (χ3v) is 3.25. The number of aliphatic imine (C=N–C) groups is 1. The Morgan fingerprint density at radius 3 is 1.95 bits per heavy atom. The van der Waals surface area contributed by atoms with E-state index >= 15 is 0 Å². The number of esters is 1. The molecule has 0 amide bonds. The van der Waals surface area contributed by atoms with Crippen LogP contribution in [-0.2, 0) is 9.53 Å². The molecule has 1 fully saturated rings. The third kappa shape index (κ3) is 2.77. The molecule has 0 spiro atoms. The number of benzene rings is 2. The molecule has 2 aromatic rings. The summed E-state index contributed by atoms with van der Waals surface area (Å²) < 4.78 is 4.99. The molecule has 0 N–H and O–H groups in total. The maximum atomic E-state index is 11.2. The summed E-state index contributed by atoms with van der Waals surface area (Å²) in [5, 5.41) is 0. The Kier molecular flexibility index (Phi) is 3.59. The van der Waals surface area contributed by atoms with Crippen LogP contribution in [0.5, 0.6) is 0 Å². The van der Waals surface area contributed by atoms with E-state index < -0.39 is 0 Å². The Labute approximate surface area is 117 Å². The monoisotopic (exact) mass is 265 g/mol. The van der Waals surface area contributed by atoms with E-state index in [2.05, 4.69) is 0 Å². The Bertz CT molecular complexity index is 578. The molecule has 20 heavy (non-hydrogen) atoms. The number of rotatable bonds is 3. The fourth-order valence-corrected chi connectivity index (χ4v) is 2.27.